The average molecular weight is 489 g/mol. The number of para-hydroxylation sites is 1. The van der Waals surface area contributed by atoms with Crippen LogP contribution in [0.25, 0.3) is 33.3 Å². The molecular formula is C32H32N4O. The number of hydrogen-bond acceptors (Lipinski definition) is 4. The van der Waals surface area contributed by atoms with Crippen LogP contribution in [0.15, 0.2) is 97.3 Å². The standard InChI is InChI=1S/C32H32N4O/c37-32-28(7-4-8-29(32)31-21-27-22-33-15-13-30(27)34-31)26-11-9-24(10-12-26)14-16-35-17-19-36(20-18-35)23-25-5-2-1-3-6-25/h1-13,15,21-22,34,37H,14,16-20,23H2. The van der Waals surface area contributed by atoms with Gasteiger partial charge in [-0.1, -0.05) is 66.7 Å². The third kappa shape index (κ3) is 5.29. The Morgan fingerprint density at radius 3 is 2.30 bits per heavy atom. The molecule has 1 aliphatic heterocycles. The van der Waals surface area contributed by atoms with Crippen LogP contribution in [0.1, 0.15) is 11.1 Å². The fraction of sp³-hybridized carbons (Fsp3) is 0.219. The van der Waals surface area contributed by atoms with Gasteiger partial charge in [-0.05, 0) is 41.3 Å². The Hall–Kier alpha value is -3.93. The summed E-state index contributed by atoms with van der Waals surface area (Å²) in [6, 6.07) is 29.3. The van der Waals surface area contributed by atoms with Crippen molar-refractivity contribution in [2.45, 2.75) is 13.0 Å². The monoisotopic (exact) mass is 488 g/mol. The summed E-state index contributed by atoms with van der Waals surface area (Å²) < 4.78 is 0. The lowest BCUT2D eigenvalue weighted by Gasteiger charge is -2.34. The first-order chi connectivity index (χ1) is 18.2. The molecule has 3 heterocycles. The molecule has 0 saturated carbocycles. The lowest BCUT2D eigenvalue weighted by atomic mass is 9.98. The number of hydrogen-bond donors (Lipinski definition) is 2. The molecule has 3 aromatic carbocycles. The van der Waals surface area contributed by atoms with Gasteiger partial charge in [0.1, 0.15) is 5.75 Å². The minimum atomic E-state index is 0.295. The minimum Gasteiger partial charge on any atom is -0.507 e. The Labute approximate surface area is 218 Å². The van der Waals surface area contributed by atoms with Crippen molar-refractivity contribution < 1.29 is 5.11 Å². The topological polar surface area (TPSA) is 55.4 Å². The van der Waals surface area contributed by atoms with Gasteiger partial charge in [-0.3, -0.25) is 9.88 Å². The number of nitrogens with zero attached hydrogens (tertiary/aromatic N) is 3. The Morgan fingerprint density at radius 2 is 1.51 bits per heavy atom. The van der Waals surface area contributed by atoms with Crippen LogP contribution in [-0.2, 0) is 13.0 Å². The van der Waals surface area contributed by atoms with Gasteiger partial charge in [0.15, 0.2) is 0 Å². The Bertz CT molecular complexity index is 1440. The highest BCUT2D eigenvalue weighted by Crippen LogP contribution is 2.38. The molecule has 0 aliphatic carbocycles. The maximum absolute atomic E-state index is 11.1. The number of nitrogens with one attached hydrogen (secondary N) is 1. The van der Waals surface area contributed by atoms with E-state index in [1.54, 1.807) is 6.20 Å². The molecule has 5 heteroatoms. The predicted molar refractivity (Wildman–Crippen MR) is 150 cm³/mol. The van der Waals surface area contributed by atoms with Gasteiger partial charge < -0.3 is 15.0 Å². The number of pyridine rings is 1. The normalized spacial score (nSPS) is 14.8. The number of aromatic hydroxyl groups is 1. The molecule has 0 radical (unpaired) electrons. The van der Waals surface area contributed by atoms with Gasteiger partial charge in [-0.25, -0.2) is 0 Å². The van der Waals surface area contributed by atoms with Crippen molar-refractivity contribution in [3.05, 3.63) is 108 Å². The second-order valence-corrected chi connectivity index (χ2v) is 9.90. The smallest absolute Gasteiger partial charge is 0.132 e. The van der Waals surface area contributed by atoms with Crippen LogP contribution >= 0.6 is 0 Å². The number of fused-ring (bicyclic) bond motifs is 1. The third-order valence-electron chi connectivity index (χ3n) is 7.44. The second-order valence-electron chi connectivity index (χ2n) is 9.90. The first kappa shape index (κ1) is 23.5. The van der Waals surface area contributed by atoms with E-state index in [-0.39, 0.29) is 0 Å². The lowest BCUT2D eigenvalue weighted by Crippen LogP contribution is -2.46. The molecule has 1 fully saturated rings. The number of phenols is 1. The number of benzene rings is 3. The summed E-state index contributed by atoms with van der Waals surface area (Å²) in [5, 5.41) is 12.2. The Kier molecular flexibility index (Phi) is 6.72. The maximum atomic E-state index is 11.1. The maximum Gasteiger partial charge on any atom is 0.132 e. The molecule has 0 spiro atoms. The number of H-pyrrole nitrogens is 1. The van der Waals surface area contributed by atoms with E-state index in [9.17, 15) is 5.11 Å². The Balaban J connectivity index is 1.07. The summed E-state index contributed by atoms with van der Waals surface area (Å²) in [5.74, 6) is 0.295. The average Bonchev–Trinajstić information content (AvgIpc) is 3.38. The van der Waals surface area contributed by atoms with E-state index in [4.69, 9.17) is 0 Å². The third-order valence-corrected chi connectivity index (χ3v) is 7.44. The summed E-state index contributed by atoms with van der Waals surface area (Å²) in [4.78, 5) is 12.7. The largest absolute Gasteiger partial charge is 0.507 e. The zero-order valence-corrected chi connectivity index (χ0v) is 21.0. The molecule has 1 saturated heterocycles. The van der Waals surface area contributed by atoms with Crippen molar-refractivity contribution in [3.8, 4) is 28.1 Å². The van der Waals surface area contributed by atoms with Gasteiger partial charge >= 0.3 is 0 Å². The van der Waals surface area contributed by atoms with E-state index in [0.29, 0.717) is 5.75 Å². The van der Waals surface area contributed by atoms with Crippen molar-refractivity contribution in [1.29, 1.82) is 0 Å². The first-order valence-electron chi connectivity index (χ1n) is 13.1. The number of rotatable bonds is 7. The van der Waals surface area contributed by atoms with Crippen LogP contribution in [0.2, 0.25) is 0 Å². The van der Waals surface area contributed by atoms with Crippen LogP contribution in [0, 0.1) is 0 Å². The van der Waals surface area contributed by atoms with Crippen LogP contribution in [0.4, 0.5) is 0 Å². The van der Waals surface area contributed by atoms with E-state index >= 15 is 0 Å². The van der Waals surface area contributed by atoms with Crippen molar-refractivity contribution in [2.24, 2.45) is 0 Å². The molecule has 2 N–H and O–H groups in total. The molecule has 37 heavy (non-hydrogen) atoms. The van der Waals surface area contributed by atoms with Crippen LogP contribution in [0.5, 0.6) is 5.75 Å². The van der Waals surface area contributed by atoms with Crippen LogP contribution in [0.3, 0.4) is 0 Å². The van der Waals surface area contributed by atoms with E-state index < -0.39 is 0 Å². The van der Waals surface area contributed by atoms with Gasteiger partial charge in [0, 0.05) is 73.7 Å². The highest BCUT2D eigenvalue weighted by atomic mass is 16.3. The SMILES string of the molecule is Oc1c(-c2ccc(CCN3CCN(Cc4ccccc4)CC3)cc2)cccc1-c1cc2cnccc2[nH]1. The van der Waals surface area contributed by atoms with E-state index in [1.165, 1.54) is 11.1 Å². The molecule has 2 aromatic heterocycles. The predicted octanol–water partition coefficient (Wildman–Crippen LogP) is 5.96. The lowest BCUT2D eigenvalue weighted by molar-refractivity contribution is 0.128. The number of aromatic nitrogens is 2. The fourth-order valence-corrected chi connectivity index (χ4v) is 5.26. The highest BCUT2D eigenvalue weighted by Gasteiger charge is 2.17. The Morgan fingerprint density at radius 1 is 0.757 bits per heavy atom. The summed E-state index contributed by atoms with van der Waals surface area (Å²) in [6.45, 7) is 6.60. The highest BCUT2D eigenvalue weighted by molar-refractivity contribution is 5.88. The zero-order chi connectivity index (χ0) is 25.0. The molecule has 1 aliphatic rings. The zero-order valence-electron chi connectivity index (χ0n) is 21.0. The molecule has 5 aromatic rings. The van der Waals surface area contributed by atoms with Gasteiger partial charge in [-0.2, -0.15) is 0 Å². The van der Waals surface area contributed by atoms with Crippen molar-refractivity contribution in [3.63, 3.8) is 0 Å². The molecule has 6 rings (SSSR count). The summed E-state index contributed by atoms with van der Waals surface area (Å²) >= 11 is 0. The van der Waals surface area contributed by atoms with Crippen molar-refractivity contribution in [2.75, 3.05) is 32.7 Å². The van der Waals surface area contributed by atoms with Gasteiger partial charge in [0.05, 0.1) is 5.69 Å². The van der Waals surface area contributed by atoms with Gasteiger partial charge in [-0.15, -0.1) is 0 Å². The van der Waals surface area contributed by atoms with Gasteiger partial charge in [0.25, 0.3) is 0 Å². The minimum absolute atomic E-state index is 0.295. The molecule has 186 valence electrons. The van der Waals surface area contributed by atoms with E-state index in [0.717, 1.165) is 79.0 Å². The molecule has 0 bridgehead atoms. The number of aromatic amines is 1. The van der Waals surface area contributed by atoms with E-state index in [2.05, 4.69) is 74.4 Å². The summed E-state index contributed by atoms with van der Waals surface area (Å²) in [5.41, 5.74) is 7.29. The molecule has 0 atom stereocenters. The molecule has 0 unspecified atom stereocenters. The van der Waals surface area contributed by atoms with Crippen molar-refractivity contribution in [1.82, 2.24) is 19.8 Å². The molecule has 5 nitrogen and oxygen atoms in total. The fourth-order valence-electron chi connectivity index (χ4n) is 5.26. The summed E-state index contributed by atoms with van der Waals surface area (Å²) in [6.07, 6.45) is 4.64. The molecule has 0 amide bonds. The molecular weight excluding hydrogens is 456 g/mol. The van der Waals surface area contributed by atoms with Crippen LogP contribution in [-0.4, -0.2) is 57.6 Å². The number of piperazine rings is 1. The number of phenolic OH excluding ortho intramolecular Hbond substituents is 1. The van der Waals surface area contributed by atoms with Crippen LogP contribution < -0.4 is 0 Å². The van der Waals surface area contributed by atoms with Crippen molar-refractivity contribution >= 4 is 10.9 Å². The first-order valence-corrected chi connectivity index (χ1v) is 13.1. The van der Waals surface area contributed by atoms with Gasteiger partial charge in [0.2, 0.25) is 0 Å². The quantitative estimate of drug-likeness (QED) is 0.297. The van der Waals surface area contributed by atoms with E-state index in [1.807, 2.05) is 36.5 Å². The second kappa shape index (κ2) is 10.6. The summed E-state index contributed by atoms with van der Waals surface area (Å²) in [7, 11) is 0.